The molecule has 1 atom stereocenters. The summed E-state index contributed by atoms with van der Waals surface area (Å²) in [5.41, 5.74) is 4.23. The quantitative estimate of drug-likeness (QED) is 0.753. The van der Waals surface area contributed by atoms with Crippen molar-refractivity contribution in [1.29, 1.82) is 0 Å². The molecule has 0 spiro atoms. The zero-order valence-corrected chi connectivity index (χ0v) is 16.3. The Labute approximate surface area is 157 Å². The average Bonchev–Trinajstić information content (AvgIpc) is 3.25. The van der Waals surface area contributed by atoms with E-state index in [1.54, 1.807) is 0 Å². The van der Waals surface area contributed by atoms with Gasteiger partial charge in [-0.05, 0) is 44.7 Å². The van der Waals surface area contributed by atoms with Crippen LogP contribution in [-0.4, -0.2) is 38.8 Å². The molecule has 0 radical (unpaired) electrons. The van der Waals surface area contributed by atoms with Gasteiger partial charge in [-0.1, -0.05) is 19.1 Å². The second kappa shape index (κ2) is 6.83. The molecule has 26 heavy (non-hydrogen) atoms. The van der Waals surface area contributed by atoms with E-state index >= 15 is 0 Å². The number of carbonyl (C=O) groups is 1. The highest BCUT2D eigenvalue weighted by atomic mass is 32.1. The number of piperidine rings is 1. The first-order chi connectivity index (χ1) is 12.6. The van der Waals surface area contributed by atoms with Crippen molar-refractivity contribution in [3.63, 3.8) is 0 Å². The number of likely N-dealkylation sites (tertiary alicyclic amines) is 1. The molecule has 1 saturated heterocycles. The van der Waals surface area contributed by atoms with E-state index in [1.807, 2.05) is 11.8 Å². The number of hydrogen-bond acceptors (Lipinski definition) is 4. The van der Waals surface area contributed by atoms with Crippen molar-refractivity contribution in [2.75, 3.05) is 13.1 Å². The second-order valence-corrected chi connectivity index (χ2v) is 8.25. The minimum atomic E-state index is 0.129. The van der Waals surface area contributed by atoms with Gasteiger partial charge in [-0.25, -0.2) is 9.97 Å². The minimum Gasteiger partial charge on any atom is -0.342 e. The first kappa shape index (κ1) is 17.2. The molecule has 0 unspecified atom stereocenters. The molecule has 1 fully saturated rings. The van der Waals surface area contributed by atoms with Crippen LogP contribution in [0.15, 0.2) is 18.2 Å². The number of aromatic amines is 1. The first-order valence-electron chi connectivity index (χ1n) is 9.27. The molecule has 6 heteroatoms. The summed E-state index contributed by atoms with van der Waals surface area (Å²) in [6, 6.07) is 6.20. The Morgan fingerprint density at radius 1 is 1.35 bits per heavy atom. The molecule has 4 rings (SSSR count). The standard InChI is InChI=1S/C20H24N4OS/c1-4-15-18(26-13(3)21-15)20(25)24-10-6-8-14(11-24)19-22-16-9-5-7-12(2)17(16)23-19/h5,7,9,14H,4,6,8,10-11H2,1-3H3,(H,22,23)/t14-/m0/s1. The van der Waals surface area contributed by atoms with Crippen molar-refractivity contribution in [2.45, 2.75) is 46.0 Å². The SMILES string of the molecule is CCc1nc(C)sc1C(=O)N1CCC[C@H](c2nc3c(C)cccc3[nH]2)C1. The molecule has 0 aliphatic carbocycles. The molecule has 1 aliphatic heterocycles. The van der Waals surface area contributed by atoms with E-state index in [2.05, 4.69) is 42.0 Å². The van der Waals surface area contributed by atoms with Crippen LogP contribution in [0.5, 0.6) is 0 Å². The molecular weight excluding hydrogens is 344 g/mol. The molecule has 3 heterocycles. The third-order valence-electron chi connectivity index (χ3n) is 5.16. The number of fused-ring (bicyclic) bond motifs is 1. The number of aromatic nitrogens is 3. The minimum absolute atomic E-state index is 0.129. The smallest absolute Gasteiger partial charge is 0.265 e. The summed E-state index contributed by atoms with van der Waals surface area (Å²) in [4.78, 5) is 28.7. The van der Waals surface area contributed by atoms with Crippen LogP contribution in [0, 0.1) is 13.8 Å². The number of nitrogens with one attached hydrogen (secondary N) is 1. The van der Waals surface area contributed by atoms with Crippen LogP contribution in [0.25, 0.3) is 11.0 Å². The first-order valence-corrected chi connectivity index (χ1v) is 10.1. The van der Waals surface area contributed by atoms with E-state index in [-0.39, 0.29) is 11.8 Å². The molecule has 1 aromatic carbocycles. The Morgan fingerprint density at radius 2 is 2.19 bits per heavy atom. The molecule has 1 N–H and O–H groups in total. The number of H-pyrrole nitrogens is 1. The van der Waals surface area contributed by atoms with Crippen LogP contribution in [0.2, 0.25) is 0 Å². The molecule has 5 nitrogen and oxygen atoms in total. The number of rotatable bonds is 3. The number of aryl methyl sites for hydroxylation is 3. The molecule has 1 aliphatic rings. The van der Waals surface area contributed by atoms with E-state index < -0.39 is 0 Å². The lowest BCUT2D eigenvalue weighted by molar-refractivity contribution is 0.0708. The average molecular weight is 369 g/mol. The fourth-order valence-electron chi connectivity index (χ4n) is 3.79. The lowest BCUT2D eigenvalue weighted by Gasteiger charge is -2.31. The lowest BCUT2D eigenvalue weighted by atomic mass is 9.97. The highest BCUT2D eigenvalue weighted by Gasteiger charge is 2.29. The maximum Gasteiger partial charge on any atom is 0.265 e. The maximum atomic E-state index is 13.1. The van der Waals surface area contributed by atoms with Gasteiger partial charge in [-0.3, -0.25) is 4.79 Å². The van der Waals surface area contributed by atoms with Crippen molar-refractivity contribution in [1.82, 2.24) is 19.9 Å². The fraction of sp³-hybridized carbons (Fsp3) is 0.450. The van der Waals surface area contributed by atoms with E-state index in [4.69, 9.17) is 4.98 Å². The summed E-state index contributed by atoms with van der Waals surface area (Å²) in [6.45, 7) is 7.64. The number of benzene rings is 1. The zero-order chi connectivity index (χ0) is 18.3. The Morgan fingerprint density at radius 3 is 2.96 bits per heavy atom. The number of carbonyl (C=O) groups excluding carboxylic acids is 1. The number of nitrogens with zero attached hydrogens (tertiary/aromatic N) is 3. The summed E-state index contributed by atoms with van der Waals surface area (Å²) < 4.78 is 0. The van der Waals surface area contributed by atoms with Gasteiger partial charge in [0.25, 0.3) is 5.91 Å². The van der Waals surface area contributed by atoms with Crippen LogP contribution in [0.1, 0.15) is 57.4 Å². The van der Waals surface area contributed by atoms with Gasteiger partial charge < -0.3 is 9.88 Å². The van der Waals surface area contributed by atoms with E-state index in [0.717, 1.165) is 64.8 Å². The summed E-state index contributed by atoms with van der Waals surface area (Å²) >= 11 is 1.52. The third kappa shape index (κ3) is 3.03. The zero-order valence-electron chi connectivity index (χ0n) is 15.5. The van der Waals surface area contributed by atoms with Gasteiger partial charge in [0.2, 0.25) is 0 Å². The number of amides is 1. The molecule has 0 saturated carbocycles. The number of imidazole rings is 1. The number of hydrogen-bond donors (Lipinski definition) is 1. The van der Waals surface area contributed by atoms with E-state index in [9.17, 15) is 4.79 Å². The maximum absolute atomic E-state index is 13.1. The predicted molar refractivity (Wildman–Crippen MR) is 105 cm³/mol. The van der Waals surface area contributed by atoms with Gasteiger partial charge >= 0.3 is 0 Å². The molecule has 136 valence electrons. The van der Waals surface area contributed by atoms with Gasteiger partial charge in [0.1, 0.15) is 10.7 Å². The Balaban J connectivity index is 1.58. The number of para-hydroxylation sites is 1. The van der Waals surface area contributed by atoms with Crippen molar-refractivity contribution in [3.05, 3.63) is 45.2 Å². The van der Waals surface area contributed by atoms with Crippen LogP contribution in [-0.2, 0) is 6.42 Å². The topological polar surface area (TPSA) is 61.9 Å². The van der Waals surface area contributed by atoms with Gasteiger partial charge in [0.15, 0.2) is 0 Å². The highest BCUT2D eigenvalue weighted by Crippen LogP contribution is 2.30. The predicted octanol–water partition coefficient (Wildman–Crippen LogP) is 4.22. The molecule has 1 amide bonds. The highest BCUT2D eigenvalue weighted by molar-refractivity contribution is 7.13. The Bertz CT molecular complexity index is 958. The van der Waals surface area contributed by atoms with Crippen LogP contribution in [0.3, 0.4) is 0 Å². The van der Waals surface area contributed by atoms with Crippen molar-refractivity contribution in [2.24, 2.45) is 0 Å². The van der Waals surface area contributed by atoms with Gasteiger partial charge in [-0.15, -0.1) is 11.3 Å². The van der Waals surface area contributed by atoms with Crippen LogP contribution in [0.4, 0.5) is 0 Å². The lowest BCUT2D eigenvalue weighted by Crippen LogP contribution is -2.39. The van der Waals surface area contributed by atoms with Crippen molar-refractivity contribution < 1.29 is 4.79 Å². The van der Waals surface area contributed by atoms with Gasteiger partial charge in [0.05, 0.1) is 21.7 Å². The largest absolute Gasteiger partial charge is 0.342 e. The van der Waals surface area contributed by atoms with Crippen LogP contribution >= 0.6 is 11.3 Å². The molecule has 0 bridgehead atoms. The molecule has 3 aromatic rings. The normalized spacial score (nSPS) is 17.8. The Hall–Kier alpha value is -2.21. The number of thiazole rings is 1. The van der Waals surface area contributed by atoms with E-state index in [1.165, 1.54) is 16.9 Å². The monoisotopic (exact) mass is 368 g/mol. The fourth-order valence-corrected chi connectivity index (χ4v) is 4.77. The third-order valence-corrected chi connectivity index (χ3v) is 6.16. The Kier molecular flexibility index (Phi) is 4.53. The molecular formula is C20H24N4OS. The second-order valence-electron chi connectivity index (χ2n) is 7.05. The summed E-state index contributed by atoms with van der Waals surface area (Å²) in [6.07, 6.45) is 2.86. The van der Waals surface area contributed by atoms with Gasteiger partial charge in [0, 0.05) is 19.0 Å². The van der Waals surface area contributed by atoms with E-state index in [0.29, 0.717) is 0 Å². The van der Waals surface area contributed by atoms with Crippen molar-refractivity contribution in [3.8, 4) is 0 Å². The van der Waals surface area contributed by atoms with Gasteiger partial charge in [-0.2, -0.15) is 0 Å². The summed E-state index contributed by atoms with van der Waals surface area (Å²) in [5, 5.41) is 0.964. The summed E-state index contributed by atoms with van der Waals surface area (Å²) in [5.74, 6) is 1.39. The van der Waals surface area contributed by atoms with Crippen LogP contribution < -0.4 is 0 Å². The summed E-state index contributed by atoms with van der Waals surface area (Å²) in [7, 11) is 0. The van der Waals surface area contributed by atoms with Crippen molar-refractivity contribution >= 4 is 28.3 Å². The molecule has 2 aromatic heterocycles.